The van der Waals surface area contributed by atoms with Gasteiger partial charge in [0, 0.05) is 22.2 Å². The SMILES string of the molecule is [N-]=[N+]=NCCOCCOc1cccc2c(OCCOCCO)cccc12. The maximum Gasteiger partial charge on any atom is 0.127 e. The number of benzene rings is 2. The average Bonchev–Trinajstić information content (AvgIpc) is 2.67. The predicted octanol–water partition coefficient (Wildman–Crippen LogP) is 2.93. The Hall–Kier alpha value is -2.51. The highest BCUT2D eigenvalue weighted by atomic mass is 16.5. The van der Waals surface area contributed by atoms with Gasteiger partial charge >= 0.3 is 0 Å². The van der Waals surface area contributed by atoms with Crippen LogP contribution in [0.2, 0.25) is 0 Å². The van der Waals surface area contributed by atoms with Gasteiger partial charge in [0.05, 0.1) is 33.0 Å². The van der Waals surface area contributed by atoms with Gasteiger partial charge < -0.3 is 24.1 Å². The quantitative estimate of drug-likeness (QED) is 0.255. The van der Waals surface area contributed by atoms with Crippen LogP contribution in [0.1, 0.15) is 0 Å². The number of aliphatic hydroxyl groups excluding tert-OH is 1. The molecule has 0 radical (unpaired) electrons. The van der Waals surface area contributed by atoms with Gasteiger partial charge in [-0.15, -0.1) is 0 Å². The van der Waals surface area contributed by atoms with E-state index in [2.05, 4.69) is 10.0 Å². The van der Waals surface area contributed by atoms with Crippen LogP contribution in [0.5, 0.6) is 11.5 Å². The monoisotopic (exact) mass is 361 g/mol. The molecule has 0 aromatic heterocycles. The molecule has 2 rings (SSSR count). The van der Waals surface area contributed by atoms with Crippen molar-refractivity contribution in [3.05, 3.63) is 46.8 Å². The van der Waals surface area contributed by atoms with Crippen LogP contribution in [0.25, 0.3) is 21.2 Å². The third-order valence-electron chi connectivity index (χ3n) is 3.45. The van der Waals surface area contributed by atoms with Crippen molar-refractivity contribution in [2.45, 2.75) is 0 Å². The molecule has 0 heterocycles. The number of fused-ring (bicyclic) bond motifs is 1. The lowest BCUT2D eigenvalue weighted by atomic mass is 10.1. The minimum Gasteiger partial charge on any atom is -0.491 e. The summed E-state index contributed by atoms with van der Waals surface area (Å²) in [6, 6.07) is 11.6. The molecule has 2 aromatic rings. The zero-order valence-corrected chi connectivity index (χ0v) is 14.5. The number of ether oxygens (including phenoxy) is 4. The summed E-state index contributed by atoms with van der Waals surface area (Å²) in [5.41, 5.74) is 8.18. The predicted molar refractivity (Wildman–Crippen MR) is 97.7 cm³/mol. The molecular weight excluding hydrogens is 338 g/mol. The molecule has 140 valence electrons. The number of nitrogens with zero attached hydrogens (tertiary/aromatic N) is 3. The fourth-order valence-corrected chi connectivity index (χ4v) is 2.34. The molecule has 8 heteroatoms. The van der Waals surface area contributed by atoms with E-state index in [-0.39, 0.29) is 6.61 Å². The molecule has 2 aromatic carbocycles. The molecule has 0 aliphatic heterocycles. The van der Waals surface area contributed by atoms with Crippen molar-refractivity contribution < 1.29 is 24.1 Å². The summed E-state index contributed by atoms with van der Waals surface area (Å²) in [5, 5.41) is 14.0. The van der Waals surface area contributed by atoms with E-state index in [9.17, 15) is 0 Å². The lowest BCUT2D eigenvalue weighted by Gasteiger charge is -2.13. The van der Waals surface area contributed by atoms with Gasteiger partial charge in [-0.2, -0.15) is 0 Å². The summed E-state index contributed by atoms with van der Waals surface area (Å²) in [7, 11) is 0. The highest BCUT2D eigenvalue weighted by Crippen LogP contribution is 2.32. The third kappa shape index (κ3) is 6.42. The van der Waals surface area contributed by atoms with E-state index in [1.54, 1.807) is 0 Å². The van der Waals surface area contributed by atoms with Gasteiger partial charge in [0.1, 0.15) is 24.7 Å². The summed E-state index contributed by atoms with van der Waals surface area (Å²) < 4.78 is 22.1. The number of hydrogen-bond acceptors (Lipinski definition) is 6. The molecule has 0 saturated heterocycles. The van der Waals surface area contributed by atoms with Crippen molar-refractivity contribution in [2.75, 3.05) is 52.8 Å². The highest BCUT2D eigenvalue weighted by molar-refractivity contribution is 5.93. The first kappa shape index (κ1) is 19.8. The first-order valence-corrected chi connectivity index (χ1v) is 8.41. The molecule has 8 nitrogen and oxygen atoms in total. The Morgan fingerprint density at radius 1 is 0.808 bits per heavy atom. The maximum absolute atomic E-state index is 8.69. The first-order chi connectivity index (χ1) is 12.9. The largest absolute Gasteiger partial charge is 0.491 e. The van der Waals surface area contributed by atoms with Crippen molar-refractivity contribution in [1.82, 2.24) is 0 Å². The smallest absolute Gasteiger partial charge is 0.127 e. The van der Waals surface area contributed by atoms with Crippen LogP contribution in [0.4, 0.5) is 0 Å². The Balaban J connectivity index is 1.90. The molecule has 1 N–H and O–H groups in total. The van der Waals surface area contributed by atoms with Crippen LogP contribution in [-0.2, 0) is 9.47 Å². The Labute approximate surface area is 151 Å². The van der Waals surface area contributed by atoms with Crippen molar-refractivity contribution in [1.29, 1.82) is 0 Å². The van der Waals surface area contributed by atoms with Gasteiger partial charge in [-0.1, -0.05) is 29.4 Å². The maximum atomic E-state index is 8.69. The van der Waals surface area contributed by atoms with Crippen LogP contribution in [0, 0.1) is 0 Å². The van der Waals surface area contributed by atoms with E-state index in [1.165, 1.54) is 0 Å². The molecule has 0 fully saturated rings. The average molecular weight is 361 g/mol. The molecule has 0 unspecified atom stereocenters. The van der Waals surface area contributed by atoms with Gasteiger partial charge in [0.2, 0.25) is 0 Å². The molecule has 0 atom stereocenters. The van der Waals surface area contributed by atoms with Crippen molar-refractivity contribution in [3.8, 4) is 11.5 Å². The van der Waals surface area contributed by atoms with Crippen molar-refractivity contribution in [2.24, 2.45) is 5.11 Å². The summed E-state index contributed by atoms with van der Waals surface area (Å²) in [5.74, 6) is 1.51. The second-order valence-electron chi connectivity index (χ2n) is 5.21. The van der Waals surface area contributed by atoms with E-state index in [0.29, 0.717) is 46.2 Å². The zero-order chi connectivity index (χ0) is 18.5. The van der Waals surface area contributed by atoms with E-state index >= 15 is 0 Å². The molecule has 0 aliphatic rings. The number of aliphatic hydroxyl groups is 1. The molecule has 26 heavy (non-hydrogen) atoms. The van der Waals surface area contributed by atoms with Gasteiger partial charge in [0.15, 0.2) is 0 Å². The number of azide groups is 1. The molecule has 0 spiro atoms. The standard InChI is InChI=1S/C18H23N3O5/c19-21-20-7-9-23-11-13-25-17-5-1-4-16-15(17)3-2-6-18(16)26-14-12-24-10-8-22/h1-6,22H,7-14H2. The third-order valence-corrected chi connectivity index (χ3v) is 3.45. The second kappa shape index (κ2) is 11.9. The molecule has 0 bridgehead atoms. The molecule has 0 aliphatic carbocycles. The lowest BCUT2D eigenvalue weighted by molar-refractivity contribution is 0.0708. The van der Waals surface area contributed by atoms with Crippen molar-refractivity contribution >= 4 is 10.8 Å². The molecular formula is C18H23N3O5. The van der Waals surface area contributed by atoms with E-state index in [0.717, 1.165) is 22.3 Å². The lowest BCUT2D eigenvalue weighted by Crippen LogP contribution is -2.09. The normalized spacial score (nSPS) is 10.5. The zero-order valence-electron chi connectivity index (χ0n) is 14.5. The topological polar surface area (TPSA) is 106 Å². The van der Waals surface area contributed by atoms with Crippen LogP contribution < -0.4 is 9.47 Å². The Morgan fingerprint density at radius 3 is 1.92 bits per heavy atom. The van der Waals surface area contributed by atoms with Crippen molar-refractivity contribution in [3.63, 3.8) is 0 Å². The van der Waals surface area contributed by atoms with Crippen LogP contribution in [0.15, 0.2) is 41.5 Å². The minimum absolute atomic E-state index is 0.00418. The molecule has 0 amide bonds. The summed E-state index contributed by atoms with van der Waals surface area (Å²) in [4.78, 5) is 2.66. The van der Waals surface area contributed by atoms with E-state index in [4.69, 9.17) is 29.6 Å². The summed E-state index contributed by atoms with van der Waals surface area (Å²) in [6.45, 7) is 2.63. The number of hydrogen-bond donors (Lipinski definition) is 1. The van der Waals surface area contributed by atoms with Gasteiger partial charge in [-0.25, -0.2) is 0 Å². The Bertz CT molecular complexity index is 719. The Kier molecular flexibility index (Phi) is 9.10. The minimum atomic E-state index is 0.00418. The van der Waals surface area contributed by atoms with E-state index < -0.39 is 0 Å². The molecule has 0 saturated carbocycles. The van der Waals surface area contributed by atoms with Gasteiger partial charge in [-0.05, 0) is 17.7 Å². The number of rotatable bonds is 13. The fourth-order valence-electron chi connectivity index (χ4n) is 2.34. The van der Waals surface area contributed by atoms with Crippen LogP contribution in [-0.4, -0.2) is 57.9 Å². The van der Waals surface area contributed by atoms with Gasteiger partial charge in [0.25, 0.3) is 0 Å². The fraction of sp³-hybridized carbons (Fsp3) is 0.444. The van der Waals surface area contributed by atoms with Crippen LogP contribution >= 0.6 is 0 Å². The van der Waals surface area contributed by atoms with E-state index in [1.807, 2.05) is 36.4 Å². The van der Waals surface area contributed by atoms with Gasteiger partial charge in [-0.3, -0.25) is 0 Å². The highest BCUT2D eigenvalue weighted by Gasteiger charge is 2.07. The summed E-state index contributed by atoms with van der Waals surface area (Å²) in [6.07, 6.45) is 0. The summed E-state index contributed by atoms with van der Waals surface area (Å²) >= 11 is 0. The second-order valence-corrected chi connectivity index (χ2v) is 5.21. The first-order valence-electron chi connectivity index (χ1n) is 8.41. The van der Waals surface area contributed by atoms with Crippen LogP contribution in [0.3, 0.4) is 0 Å². The Morgan fingerprint density at radius 2 is 1.38 bits per heavy atom.